The topological polar surface area (TPSA) is 76.6 Å². The Morgan fingerprint density at radius 2 is 2.28 bits per heavy atom. The first-order valence-corrected chi connectivity index (χ1v) is 5.54. The van der Waals surface area contributed by atoms with Gasteiger partial charge in [-0.15, -0.1) is 0 Å². The fourth-order valence-electron chi connectivity index (χ4n) is 1.63. The Kier molecular flexibility index (Phi) is 3.53. The van der Waals surface area contributed by atoms with Crippen molar-refractivity contribution in [3.8, 4) is 11.9 Å². The maximum Gasteiger partial charge on any atom is 0.232 e. The fourth-order valence-corrected chi connectivity index (χ4v) is 1.63. The van der Waals surface area contributed by atoms with Crippen molar-refractivity contribution in [2.24, 2.45) is 0 Å². The van der Waals surface area contributed by atoms with Gasteiger partial charge in [0.15, 0.2) is 0 Å². The molecule has 6 nitrogen and oxygen atoms in total. The Bertz CT molecular complexity index is 571. The molecule has 0 amide bonds. The first kappa shape index (κ1) is 12.0. The summed E-state index contributed by atoms with van der Waals surface area (Å²) in [6.45, 7) is 4.71. The second-order valence-electron chi connectivity index (χ2n) is 3.88. The molecule has 6 heteroatoms. The highest BCUT2D eigenvalue weighted by molar-refractivity contribution is 5.45. The van der Waals surface area contributed by atoms with Crippen molar-refractivity contribution in [3.63, 3.8) is 0 Å². The van der Waals surface area contributed by atoms with Crippen LogP contribution in [0.25, 0.3) is 0 Å². The third kappa shape index (κ3) is 2.63. The number of nitrogens with zero attached hydrogens (tertiary/aromatic N) is 5. The number of hydrogen-bond acceptors (Lipinski definition) is 5. The molecule has 92 valence electrons. The number of nitriles is 1. The van der Waals surface area contributed by atoms with Gasteiger partial charge in [-0.05, 0) is 25.5 Å². The molecule has 0 spiro atoms. The van der Waals surface area contributed by atoms with Crippen LogP contribution in [0, 0.1) is 25.2 Å². The number of aryl methyl sites for hydroxylation is 2. The average molecular weight is 243 g/mol. The lowest BCUT2D eigenvalue weighted by atomic mass is 10.1. The molecular formula is C12H13N5O. The summed E-state index contributed by atoms with van der Waals surface area (Å²) in [6.07, 6.45) is 3.08. The third-order valence-corrected chi connectivity index (χ3v) is 2.45. The number of hydrogen-bond donors (Lipinski definition) is 0. The molecule has 0 bridgehead atoms. The van der Waals surface area contributed by atoms with Crippen molar-refractivity contribution in [1.82, 2.24) is 19.7 Å². The van der Waals surface area contributed by atoms with Crippen molar-refractivity contribution in [3.05, 3.63) is 35.5 Å². The van der Waals surface area contributed by atoms with Gasteiger partial charge in [0.2, 0.25) is 5.88 Å². The van der Waals surface area contributed by atoms with Gasteiger partial charge in [0.05, 0.1) is 6.54 Å². The molecule has 0 atom stereocenters. The van der Waals surface area contributed by atoms with Gasteiger partial charge in [0.25, 0.3) is 0 Å². The first-order valence-electron chi connectivity index (χ1n) is 5.54. The quantitative estimate of drug-likeness (QED) is 0.807. The largest absolute Gasteiger partial charge is 0.475 e. The maximum absolute atomic E-state index is 9.08. The zero-order valence-corrected chi connectivity index (χ0v) is 10.3. The van der Waals surface area contributed by atoms with Crippen LogP contribution in [0.15, 0.2) is 18.7 Å². The van der Waals surface area contributed by atoms with E-state index in [1.807, 2.05) is 19.9 Å². The van der Waals surface area contributed by atoms with E-state index in [1.165, 1.54) is 6.33 Å². The SMILES string of the molecule is Cc1cc(C)c(C#N)c(OCCn2cncn2)n1. The van der Waals surface area contributed by atoms with E-state index in [9.17, 15) is 0 Å². The minimum absolute atomic E-state index is 0.384. The number of ether oxygens (including phenoxy) is 1. The number of aromatic nitrogens is 4. The lowest BCUT2D eigenvalue weighted by Gasteiger charge is -2.09. The predicted molar refractivity (Wildman–Crippen MR) is 63.9 cm³/mol. The van der Waals surface area contributed by atoms with Crippen LogP contribution in [0.2, 0.25) is 0 Å². The van der Waals surface area contributed by atoms with Crippen LogP contribution in [0.3, 0.4) is 0 Å². The molecule has 18 heavy (non-hydrogen) atoms. The smallest absolute Gasteiger partial charge is 0.232 e. The molecule has 2 rings (SSSR count). The highest BCUT2D eigenvalue weighted by Crippen LogP contribution is 2.19. The Labute approximate surface area is 105 Å². The molecule has 0 saturated carbocycles. The third-order valence-electron chi connectivity index (χ3n) is 2.45. The van der Waals surface area contributed by atoms with Gasteiger partial charge < -0.3 is 4.74 Å². The van der Waals surface area contributed by atoms with Crippen LogP contribution in [-0.4, -0.2) is 26.4 Å². The van der Waals surface area contributed by atoms with Crippen molar-refractivity contribution in [2.75, 3.05) is 6.61 Å². The second kappa shape index (κ2) is 5.27. The Balaban J connectivity index is 2.07. The van der Waals surface area contributed by atoms with Gasteiger partial charge in [0, 0.05) is 5.69 Å². The zero-order chi connectivity index (χ0) is 13.0. The van der Waals surface area contributed by atoms with Crippen molar-refractivity contribution in [2.45, 2.75) is 20.4 Å². The minimum atomic E-state index is 0.384. The monoisotopic (exact) mass is 243 g/mol. The number of rotatable bonds is 4. The van der Waals surface area contributed by atoms with E-state index in [0.717, 1.165) is 11.3 Å². The number of pyridine rings is 1. The standard InChI is InChI=1S/C12H13N5O/c1-9-5-10(2)16-12(11(9)6-13)18-4-3-17-8-14-7-15-17/h5,7-8H,3-4H2,1-2H3. The van der Waals surface area contributed by atoms with E-state index < -0.39 is 0 Å². The van der Waals surface area contributed by atoms with Crippen molar-refractivity contribution in [1.29, 1.82) is 5.26 Å². The van der Waals surface area contributed by atoms with Gasteiger partial charge in [-0.2, -0.15) is 10.4 Å². The highest BCUT2D eigenvalue weighted by atomic mass is 16.5. The second-order valence-corrected chi connectivity index (χ2v) is 3.88. The highest BCUT2D eigenvalue weighted by Gasteiger charge is 2.09. The molecule has 0 radical (unpaired) electrons. The molecule has 0 N–H and O–H groups in total. The minimum Gasteiger partial charge on any atom is -0.475 e. The summed E-state index contributed by atoms with van der Waals surface area (Å²) >= 11 is 0. The van der Waals surface area contributed by atoms with Gasteiger partial charge in [-0.1, -0.05) is 0 Å². The molecule has 0 aliphatic heterocycles. The summed E-state index contributed by atoms with van der Waals surface area (Å²) in [6, 6.07) is 3.98. The van der Waals surface area contributed by atoms with Crippen LogP contribution in [0.4, 0.5) is 0 Å². The van der Waals surface area contributed by atoms with E-state index in [2.05, 4.69) is 21.1 Å². The summed E-state index contributed by atoms with van der Waals surface area (Å²) in [4.78, 5) is 8.07. The molecular weight excluding hydrogens is 230 g/mol. The molecule has 2 aromatic rings. The van der Waals surface area contributed by atoms with Crippen LogP contribution in [-0.2, 0) is 6.54 Å². The van der Waals surface area contributed by atoms with Crippen molar-refractivity contribution >= 4 is 0 Å². The van der Waals surface area contributed by atoms with Gasteiger partial charge in [-0.25, -0.2) is 14.6 Å². The molecule has 2 heterocycles. The van der Waals surface area contributed by atoms with Crippen LogP contribution in [0.1, 0.15) is 16.8 Å². The van der Waals surface area contributed by atoms with E-state index in [4.69, 9.17) is 10.00 Å². The predicted octanol–water partition coefficient (Wildman–Crippen LogP) is 1.24. The molecule has 0 unspecified atom stereocenters. The Morgan fingerprint density at radius 3 is 2.94 bits per heavy atom. The normalized spacial score (nSPS) is 10.1. The summed E-state index contributed by atoms with van der Waals surface area (Å²) in [5, 5.41) is 13.0. The van der Waals surface area contributed by atoms with Crippen LogP contribution < -0.4 is 4.74 Å². The van der Waals surface area contributed by atoms with Crippen molar-refractivity contribution < 1.29 is 4.74 Å². The van der Waals surface area contributed by atoms with Gasteiger partial charge in [-0.3, -0.25) is 0 Å². The molecule has 2 aromatic heterocycles. The summed E-state index contributed by atoms with van der Waals surface area (Å²) in [5.41, 5.74) is 2.20. The molecule has 0 aliphatic carbocycles. The average Bonchev–Trinajstić information content (AvgIpc) is 2.81. The van der Waals surface area contributed by atoms with Gasteiger partial charge >= 0.3 is 0 Å². The summed E-state index contributed by atoms with van der Waals surface area (Å²) in [7, 11) is 0. The maximum atomic E-state index is 9.08. The lowest BCUT2D eigenvalue weighted by Crippen LogP contribution is -2.10. The fraction of sp³-hybridized carbons (Fsp3) is 0.333. The first-order chi connectivity index (χ1) is 8.70. The van der Waals surface area contributed by atoms with E-state index >= 15 is 0 Å². The van der Waals surface area contributed by atoms with Gasteiger partial charge in [0.1, 0.15) is 30.9 Å². The molecule has 0 aliphatic rings. The van der Waals surface area contributed by atoms with E-state index in [0.29, 0.717) is 24.6 Å². The summed E-state index contributed by atoms with van der Waals surface area (Å²) in [5.74, 6) is 0.384. The summed E-state index contributed by atoms with van der Waals surface area (Å²) < 4.78 is 7.20. The molecule has 0 saturated heterocycles. The molecule has 0 aromatic carbocycles. The molecule has 0 fully saturated rings. The lowest BCUT2D eigenvalue weighted by molar-refractivity contribution is 0.279. The Morgan fingerprint density at radius 1 is 1.44 bits per heavy atom. The zero-order valence-electron chi connectivity index (χ0n) is 10.3. The van der Waals surface area contributed by atoms with E-state index in [1.54, 1.807) is 11.0 Å². The van der Waals surface area contributed by atoms with E-state index in [-0.39, 0.29) is 0 Å². The Hall–Kier alpha value is -2.42. The van der Waals surface area contributed by atoms with Crippen LogP contribution in [0.5, 0.6) is 5.88 Å². The van der Waals surface area contributed by atoms with Crippen LogP contribution >= 0.6 is 0 Å².